The smallest absolute Gasteiger partial charge is 0.405 e. The lowest BCUT2D eigenvalue weighted by Gasteiger charge is -2.37. The largest absolute Gasteiger partial charge is 0.497 e. The van der Waals surface area contributed by atoms with Crippen molar-refractivity contribution in [2.75, 3.05) is 13.7 Å². The van der Waals surface area contributed by atoms with E-state index in [1.807, 2.05) is 0 Å². The van der Waals surface area contributed by atoms with Crippen LogP contribution in [0, 0.1) is 0 Å². The first-order chi connectivity index (χ1) is 12.6. The Morgan fingerprint density at radius 3 is 2.67 bits per heavy atom. The number of carboxylic acids is 1. The summed E-state index contributed by atoms with van der Waals surface area (Å²) in [7, 11) is 1.52. The number of allylic oxidation sites excluding steroid dienone is 2. The lowest BCUT2D eigenvalue weighted by molar-refractivity contribution is -0.201. The summed E-state index contributed by atoms with van der Waals surface area (Å²) in [5, 5.41) is 11.7. The molecule has 2 aliphatic heterocycles. The van der Waals surface area contributed by atoms with E-state index in [4.69, 9.17) is 4.74 Å². The van der Waals surface area contributed by atoms with Crippen molar-refractivity contribution in [1.82, 2.24) is 10.0 Å². The molecule has 0 saturated heterocycles. The highest BCUT2D eigenvalue weighted by atomic mass is 19.4. The number of hydrogen-bond donors (Lipinski definition) is 1. The third-order valence-corrected chi connectivity index (χ3v) is 4.50. The Bertz CT molecular complexity index is 874. The van der Waals surface area contributed by atoms with Crippen LogP contribution in [0.25, 0.3) is 0 Å². The number of rotatable bonds is 4. The van der Waals surface area contributed by atoms with Crippen LogP contribution in [0.1, 0.15) is 19.4 Å². The molecule has 27 heavy (non-hydrogen) atoms. The van der Waals surface area contributed by atoms with Gasteiger partial charge in [-0.3, -0.25) is 5.01 Å². The first kappa shape index (κ1) is 19.0. The molecule has 0 saturated carbocycles. The van der Waals surface area contributed by atoms with Crippen molar-refractivity contribution >= 4 is 11.7 Å². The molecule has 9 heteroatoms. The van der Waals surface area contributed by atoms with Gasteiger partial charge in [0.15, 0.2) is 5.82 Å². The van der Waals surface area contributed by atoms with Crippen molar-refractivity contribution < 1.29 is 27.8 Å². The Hall–Kier alpha value is -2.81. The molecule has 0 aliphatic carbocycles. The van der Waals surface area contributed by atoms with Crippen molar-refractivity contribution in [3.63, 3.8) is 0 Å². The molecule has 3 rings (SSSR count). The molecule has 144 valence electrons. The molecule has 2 aliphatic rings. The number of methoxy groups -OCH3 is 1. The van der Waals surface area contributed by atoms with E-state index >= 15 is 0 Å². The van der Waals surface area contributed by atoms with E-state index in [9.17, 15) is 23.1 Å². The Balaban J connectivity index is 2.07. The van der Waals surface area contributed by atoms with Crippen LogP contribution in [-0.2, 0) is 4.79 Å². The summed E-state index contributed by atoms with van der Waals surface area (Å²) >= 11 is 0. The monoisotopic (exact) mass is 381 g/mol. The van der Waals surface area contributed by atoms with Crippen LogP contribution in [-0.4, -0.2) is 52.7 Å². The number of alkyl halides is 3. The molecule has 0 aromatic heterocycles. The average molecular weight is 381 g/mol. The molecular formula is C18H18F3N3O3. The maximum atomic E-state index is 13.2. The maximum Gasteiger partial charge on any atom is 0.405 e. The summed E-state index contributed by atoms with van der Waals surface area (Å²) in [6.45, 7) is 2.23. The fraction of sp³-hybridized carbons (Fsp3) is 0.333. The normalized spacial score (nSPS) is 18.8. The lowest BCUT2D eigenvalue weighted by atomic mass is 10.1. The van der Waals surface area contributed by atoms with Gasteiger partial charge in [0.2, 0.25) is 0 Å². The Labute approximate surface area is 153 Å². The molecular weight excluding hydrogens is 363 g/mol. The van der Waals surface area contributed by atoms with E-state index in [1.54, 1.807) is 37.3 Å². The second kappa shape index (κ2) is 6.73. The number of benzene rings is 1. The van der Waals surface area contributed by atoms with Gasteiger partial charge in [-0.2, -0.15) is 18.2 Å². The van der Waals surface area contributed by atoms with Crippen LogP contribution in [0.3, 0.4) is 0 Å². The number of carboxylic acid groups (broad SMARTS) is 1. The molecule has 0 bridgehead atoms. The Morgan fingerprint density at radius 2 is 2.07 bits per heavy atom. The number of nitrogens with zero attached hydrogens (tertiary/aromatic N) is 3. The third-order valence-electron chi connectivity index (χ3n) is 4.50. The second-order valence-corrected chi connectivity index (χ2v) is 6.25. The van der Waals surface area contributed by atoms with Crippen LogP contribution in [0.4, 0.5) is 13.2 Å². The van der Waals surface area contributed by atoms with Crippen molar-refractivity contribution in [2.45, 2.75) is 26.1 Å². The predicted molar refractivity (Wildman–Crippen MR) is 92.0 cm³/mol. The van der Waals surface area contributed by atoms with E-state index < -0.39 is 18.2 Å². The van der Waals surface area contributed by atoms with Crippen LogP contribution in [0.15, 0.2) is 52.4 Å². The van der Waals surface area contributed by atoms with Gasteiger partial charge in [-0.05, 0) is 32.1 Å². The van der Waals surface area contributed by atoms with E-state index in [-0.39, 0.29) is 17.9 Å². The summed E-state index contributed by atoms with van der Waals surface area (Å²) in [4.78, 5) is 16.0. The highest BCUT2D eigenvalue weighted by Gasteiger charge is 2.48. The number of hydrazine groups is 1. The van der Waals surface area contributed by atoms with Gasteiger partial charge in [0, 0.05) is 11.3 Å². The number of hydrogen-bond acceptors (Lipinski definition) is 5. The molecule has 1 aromatic rings. The molecule has 0 amide bonds. The van der Waals surface area contributed by atoms with E-state index in [0.717, 1.165) is 11.9 Å². The van der Waals surface area contributed by atoms with E-state index in [0.29, 0.717) is 22.7 Å². The zero-order valence-corrected chi connectivity index (χ0v) is 14.9. The zero-order chi connectivity index (χ0) is 19.9. The molecule has 1 atom stereocenters. The molecule has 2 heterocycles. The molecule has 0 radical (unpaired) electrons. The van der Waals surface area contributed by atoms with Gasteiger partial charge >= 0.3 is 12.1 Å². The molecule has 1 N–H and O–H groups in total. The van der Waals surface area contributed by atoms with Crippen LogP contribution >= 0.6 is 0 Å². The van der Waals surface area contributed by atoms with Crippen molar-refractivity contribution in [3.8, 4) is 5.75 Å². The highest BCUT2D eigenvalue weighted by molar-refractivity contribution is 6.10. The Kier molecular flexibility index (Phi) is 4.73. The summed E-state index contributed by atoms with van der Waals surface area (Å²) < 4.78 is 44.9. The zero-order valence-electron chi connectivity index (χ0n) is 14.9. The van der Waals surface area contributed by atoms with Crippen LogP contribution < -0.4 is 4.74 Å². The number of aliphatic imine (C=N–C) groups is 1. The van der Waals surface area contributed by atoms with Gasteiger partial charge in [0.05, 0.1) is 24.9 Å². The number of fused-ring (bicyclic) bond motifs is 1. The second-order valence-electron chi connectivity index (χ2n) is 6.25. The first-order valence-electron chi connectivity index (χ1n) is 8.14. The lowest BCUT2D eigenvalue weighted by Crippen LogP contribution is -2.50. The number of ether oxygens (including phenoxy) is 1. The molecule has 1 unspecified atom stereocenters. The van der Waals surface area contributed by atoms with Crippen molar-refractivity contribution in [1.29, 1.82) is 0 Å². The minimum absolute atomic E-state index is 0.00331. The van der Waals surface area contributed by atoms with Gasteiger partial charge in [0.25, 0.3) is 0 Å². The van der Waals surface area contributed by atoms with Gasteiger partial charge in [-0.15, -0.1) is 0 Å². The fourth-order valence-electron chi connectivity index (χ4n) is 3.02. The van der Waals surface area contributed by atoms with Crippen molar-refractivity contribution in [3.05, 3.63) is 53.0 Å². The van der Waals surface area contributed by atoms with Gasteiger partial charge in [-0.1, -0.05) is 12.1 Å². The van der Waals surface area contributed by atoms with Crippen LogP contribution in [0.2, 0.25) is 0 Å². The minimum Gasteiger partial charge on any atom is -0.497 e. The number of aliphatic carboxylic acids is 1. The van der Waals surface area contributed by atoms with E-state index in [1.165, 1.54) is 12.1 Å². The SMILES string of the molecule is COc1cccc(C2=NC3=C(C(=O)O)CN(C(C)C(F)(F)F)N3C(C)=C2)c1. The topological polar surface area (TPSA) is 65.4 Å². The molecule has 1 aromatic carbocycles. The average Bonchev–Trinajstić information content (AvgIpc) is 3.00. The Morgan fingerprint density at radius 1 is 1.37 bits per heavy atom. The highest BCUT2D eigenvalue weighted by Crippen LogP contribution is 2.37. The summed E-state index contributed by atoms with van der Waals surface area (Å²) in [6.07, 6.45) is -2.88. The van der Waals surface area contributed by atoms with E-state index in [2.05, 4.69) is 4.99 Å². The van der Waals surface area contributed by atoms with Gasteiger partial charge < -0.3 is 9.84 Å². The summed E-state index contributed by atoms with van der Waals surface area (Å²) in [5.74, 6) is -0.707. The first-order valence-corrected chi connectivity index (χ1v) is 8.14. The van der Waals surface area contributed by atoms with Gasteiger partial charge in [-0.25, -0.2) is 9.79 Å². The quantitative estimate of drug-likeness (QED) is 0.868. The molecule has 6 nitrogen and oxygen atoms in total. The van der Waals surface area contributed by atoms with Crippen molar-refractivity contribution in [2.24, 2.45) is 4.99 Å². The molecule has 0 fully saturated rings. The van der Waals surface area contributed by atoms with Gasteiger partial charge in [0.1, 0.15) is 11.8 Å². The standard InChI is InChI=1S/C18H18F3N3O3/c1-10-7-15(12-5-4-6-13(8-12)27-3)22-16-14(17(25)26)9-23(24(10)16)11(2)18(19,20)21/h4-8,11H,9H2,1-3H3,(H,25,26). The predicted octanol–water partition coefficient (Wildman–Crippen LogP) is 3.18. The minimum atomic E-state index is -4.50. The number of carbonyl (C=O) groups is 1. The summed E-state index contributed by atoms with van der Waals surface area (Å²) in [5.41, 5.74) is 1.40. The summed E-state index contributed by atoms with van der Waals surface area (Å²) in [6, 6.07) is 5.14. The fourth-order valence-corrected chi connectivity index (χ4v) is 3.02. The van der Waals surface area contributed by atoms with Crippen LogP contribution in [0.5, 0.6) is 5.75 Å². The third kappa shape index (κ3) is 3.42. The molecule has 0 spiro atoms. The number of halogens is 3. The maximum absolute atomic E-state index is 13.2.